The molecule has 2 heteroatoms. The first kappa shape index (κ1) is 21.3. The van der Waals surface area contributed by atoms with Gasteiger partial charge in [-0.15, -0.1) is 6.58 Å². The molecule has 0 aliphatic carbocycles. The van der Waals surface area contributed by atoms with E-state index in [9.17, 15) is 0 Å². The van der Waals surface area contributed by atoms with Crippen LogP contribution < -0.4 is 4.90 Å². The van der Waals surface area contributed by atoms with E-state index >= 15 is 0 Å². The number of aryl methyl sites for hydroxylation is 2. The Bertz CT molecular complexity index is 973. The van der Waals surface area contributed by atoms with Crippen LogP contribution in [-0.2, 0) is 6.42 Å². The lowest BCUT2D eigenvalue weighted by Gasteiger charge is -2.35. The molecule has 0 fully saturated rings. The molecule has 1 aliphatic heterocycles. The lowest BCUT2D eigenvalue weighted by atomic mass is 9.96. The lowest BCUT2D eigenvalue weighted by molar-refractivity contribution is 0.929. The van der Waals surface area contributed by atoms with E-state index in [2.05, 4.69) is 92.9 Å². The molecule has 0 N–H and O–H groups in total. The SMILES string of the molecule is C=C(C)CCc1c(C)cc(C)cc1N1c2ccccc2Sc2ccccc21.CC. The van der Waals surface area contributed by atoms with Gasteiger partial charge >= 0.3 is 0 Å². The van der Waals surface area contributed by atoms with Gasteiger partial charge in [0.05, 0.1) is 11.4 Å². The summed E-state index contributed by atoms with van der Waals surface area (Å²) in [4.78, 5) is 5.07. The van der Waals surface area contributed by atoms with Crippen LogP contribution in [0.15, 0.2) is 82.6 Å². The Morgan fingerprint density at radius 1 is 0.862 bits per heavy atom. The average Bonchev–Trinajstić information content (AvgIpc) is 2.72. The minimum absolute atomic E-state index is 1.02. The van der Waals surface area contributed by atoms with Crippen molar-refractivity contribution >= 4 is 28.8 Å². The molecule has 0 amide bonds. The van der Waals surface area contributed by atoms with E-state index < -0.39 is 0 Å². The highest BCUT2D eigenvalue weighted by atomic mass is 32.2. The zero-order valence-corrected chi connectivity index (χ0v) is 19.1. The van der Waals surface area contributed by atoms with Crippen molar-refractivity contribution < 1.29 is 0 Å². The van der Waals surface area contributed by atoms with Crippen LogP contribution in [0.25, 0.3) is 0 Å². The van der Waals surface area contributed by atoms with E-state index in [1.165, 1.54) is 49.1 Å². The third-order valence-electron chi connectivity index (χ3n) is 5.07. The van der Waals surface area contributed by atoms with E-state index in [0.29, 0.717) is 0 Å². The number of fused-ring (bicyclic) bond motifs is 2. The molecule has 0 unspecified atom stereocenters. The average molecular weight is 402 g/mol. The molecule has 0 saturated carbocycles. The highest BCUT2D eigenvalue weighted by Gasteiger charge is 2.26. The molecular formula is C27H31NS. The van der Waals surface area contributed by atoms with Gasteiger partial charge in [0.2, 0.25) is 0 Å². The molecule has 0 saturated heterocycles. The highest BCUT2D eigenvalue weighted by molar-refractivity contribution is 7.99. The number of nitrogens with zero attached hydrogens (tertiary/aromatic N) is 1. The second kappa shape index (κ2) is 9.37. The van der Waals surface area contributed by atoms with Crippen molar-refractivity contribution in [3.05, 3.63) is 89.5 Å². The van der Waals surface area contributed by atoms with E-state index in [4.69, 9.17) is 0 Å². The standard InChI is InChI=1S/C25H25NS.C2H6/c1-17(2)13-14-20-19(4)15-18(3)16-23(20)26-21-9-5-7-11-24(21)27-25-12-8-6-10-22(25)26;1-2/h5-12,15-16H,1,13-14H2,2-4H3;1-2H3. The quantitative estimate of drug-likeness (QED) is 0.314. The third-order valence-corrected chi connectivity index (χ3v) is 6.20. The van der Waals surface area contributed by atoms with E-state index in [0.717, 1.165) is 12.8 Å². The van der Waals surface area contributed by atoms with Gasteiger partial charge in [-0.2, -0.15) is 0 Å². The Morgan fingerprint density at radius 3 is 1.97 bits per heavy atom. The second-order valence-electron chi connectivity index (χ2n) is 7.41. The maximum absolute atomic E-state index is 4.11. The number of anilines is 3. The van der Waals surface area contributed by atoms with Crippen LogP contribution in [0.5, 0.6) is 0 Å². The predicted molar refractivity (Wildman–Crippen MR) is 129 cm³/mol. The van der Waals surface area contributed by atoms with Gasteiger partial charge in [-0.25, -0.2) is 0 Å². The monoisotopic (exact) mass is 401 g/mol. The van der Waals surface area contributed by atoms with Crippen molar-refractivity contribution in [3.8, 4) is 0 Å². The van der Waals surface area contributed by atoms with Gasteiger partial charge in [-0.05, 0) is 80.6 Å². The molecule has 4 rings (SSSR count). The minimum Gasteiger partial charge on any atom is -0.308 e. The summed E-state index contributed by atoms with van der Waals surface area (Å²) in [5.74, 6) is 0. The summed E-state index contributed by atoms with van der Waals surface area (Å²) in [5.41, 5.74) is 9.14. The molecule has 1 heterocycles. The Hall–Kier alpha value is -2.45. The van der Waals surface area contributed by atoms with Gasteiger partial charge in [-0.3, -0.25) is 0 Å². The van der Waals surface area contributed by atoms with Crippen LogP contribution in [0.3, 0.4) is 0 Å². The van der Waals surface area contributed by atoms with Crippen LogP contribution in [0.2, 0.25) is 0 Å². The fourth-order valence-electron chi connectivity index (χ4n) is 3.80. The summed E-state index contributed by atoms with van der Waals surface area (Å²) in [6.45, 7) is 14.7. The number of rotatable bonds is 4. The van der Waals surface area contributed by atoms with Crippen LogP contribution in [0, 0.1) is 13.8 Å². The summed E-state index contributed by atoms with van der Waals surface area (Å²) < 4.78 is 0. The number of para-hydroxylation sites is 2. The first-order valence-electron chi connectivity index (χ1n) is 10.4. The zero-order chi connectivity index (χ0) is 21.0. The van der Waals surface area contributed by atoms with Crippen molar-refractivity contribution in [2.45, 2.75) is 57.3 Å². The predicted octanol–water partition coefficient (Wildman–Crippen LogP) is 8.77. The second-order valence-corrected chi connectivity index (χ2v) is 8.49. The first-order valence-corrected chi connectivity index (χ1v) is 11.3. The van der Waals surface area contributed by atoms with E-state index in [-0.39, 0.29) is 0 Å². The van der Waals surface area contributed by atoms with Gasteiger partial charge in [-0.1, -0.05) is 61.5 Å². The Labute approximate surface area is 180 Å². The highest BCUT2D eigenvalue weighted by Crippen LogP contribution is 2.52. The molecule has 0 aromatic heterocycles. The largest absolute Gasteiger partial charge is 0.308 e. The molecule has 150 valence electrons. The molecule has 0 spiro atoms. The summed E-state index contributed by atoms with van der Waals surface area (Å²) >= 11 is 1.86. The Kier molecular flexibility index (Phi) is 6.87. The van der Waals surface area contributed by atoms with Gasteiger partial charge in [0.15, 0.2) is 0 Å². The van der Waals surface area contributed by atoms with Crippen molar-refractivity contribution in [2.24, 2.45) is 0 Å². The minimum atomic E-state index is 1.02. The summed E-state index contributed by atoms with van der Waals surface area (Å²) in [6, 6.07) is 22.1. The van der Waals surface area contributed by atoms with Crippen LogP contribution in [-0.4, -0.2) is 0 Å². The number of benzene rings is 3. The topological polar surface area (TPSA) is 3.24 Å². The summed E-state index contributed by atoms with van der Waals surface area (Å²) in [5, 5.41) is 0. The molecule has 3 aromatic rings. The van der Waals surface area contributed by atoms with Crippen molar-refractivity contribution in [1.29, 1.82) is 0 Å². The normalized spacial score (nSPS) is 11.8. The van der Waals surface area contributed by atoms with Crippen LogP contribution in [0.1, 0.15) is 43.9 Å². The van der Waals surface area contributed by atoms with Crippen LogP contribution >= 0.6 is 11.8 Å². The molecule has 3 aromatic carbocycles. The van der Waals surface area contributed by atoms with E-state index in [1.54, 1.807) is 0 Å². The number of allylic oxidation sites excluding steroid dienone is 1. The van der Waals surface area contributed by atoms with Crippen molar-refractivity contribution in [1.82, 2.24) is 0 Å². The summed E-state index contributed by atoms with van der Waals surface area (Å²) in [6.07, 6.45) is 2.04. The number of hydrogen-bond donors (Lipinski definition) is 0. The number of hydrogen-bond acceptors (Lipinski definition) is 2. The molecule has 1 nitrogen and oxygen atoms in total. The molecule has 1 aliphatic rings. The van der Waals surface area contributed by atoms with Crippen LogP contribution in [0.4, 0.5) is 17.1 Å². The molecule has 29 heavy (non-hydrogen) atoms. The fraction of sp³-hybridized carbons (Fsp3) is 0.259. The van der Waals surface area contributed by atoms with Crippen molar-refractivity contribution in [3.63, 3.8) is 0 Å². The van der Waals surface area contributed by atoms with Gasteiger partial charge in [0.25, 0.3) is 0 Å². The first-order chi connectivity index (χ1) is 14.0. The molecule has 0 atom stereocenters. The summed E-state index contributed by atoms with van der Waals surface area (Å²) in [7, 11) is 0. The molecular weight excluding hydrogens is 370 g/mol. The fourth-order valence-corrected chi connectivity index (χ4v) is 4.86. The van der Waals surface area contributed by atoms with E-state index in [1.807, 2.05) is 25.6 Å². The van der Waals surface area contributed by atoms with Gasteiger partial charge in [0, 0.05) is 15.5 Å². The Balaban J connectivity index is 0.00000117. The van der Waals surface area contributed by atoms with Gasteiger partial charge in [0.1, 0.15) is 0 Å². The van der Waals surface area contributed by atoms with Gasteiger partial charge < -0.3 is 4.90 Å². The van der Waals surface area contributed by atoms with Crippen molar-refractivity contribution in [2.75, 3.05) is 4.90 Å². The maximum atomic E-state index is 4.11. The smallest absolute Gasteiger partial charge is 0.0601 e. The molecule has 0 bridgehead atoms. The molecule has 0 radical (unpaired) electrons. The zero-order valence-electron chi connectivity index (χ0n) is 18.3. The Morgan fingerprint density at radius 2 is 1.41 bits per heavy atom. The third kappa shape index (κ3) is 4.43. The maximum Gasteiger partial charge on any atom is 0.0601 e. The lowest BCUT2D eigenvalue weighted by Crippen LogP contribution is -2.17.